The van der Waals surface area contributed by atoms with E-state index in [0.29, 0.717) is 26.8 Å². The number of aliphatic hydroxyl groups excluding tert-OH is 1. The number of amides is 1. The summed E-state index contributed by atoms with van der Waals surface area (Å²) in [5.41, 5.74) is 2.63. The molecule has 1 saturated heterocycles. The maximum atomic E-state index is 13.2. The molecule has 0 bridgehead atoms. The van der Waals surface area contributed by atoms with Gasteiger partial charge in [0.1, 0.15) is 11.5 Å². The van der Waals surface area contributed by atoms with E-state index in [4.69, 9.17) is 11.6 Å². The van der Waals surface area contributed by atoms with Gasteiger partial charge in [-0.15, -0.1) is 0 Å². The summed E-state index contributed by atoms with van der Waals surface area (Å²) in [4.78, 5) is 32.3. The highest BCUT2D eigenvalue weighted by molar-refractivity contribution is 7.22. The molecule has 6 nitrogen and oxygen atoms in total. The van der Waals surface area contributed by atoms with Crippen LogP contribution in [-0.2, 0) is 9.59 Å². The van der Waals surface area contributed by atoms with Gasteiger partial charge in [0, 0.05) is 10.6 Å². The molecule has 2 heterocycles. The van der Waals surface area contributed by atoms with Crippen molar-refractivity contribution in [1.29, 1.82) is 0 Å². The van der Waals surface area contributed by atoms with E-state index in [1.54, 1.807) is 36.4 Å². The molecule has 1 fully saturated rings. The number of Topliss-reactive ketones (excluding diaryl/α,β-unsaturated/α-hetero) is 1. The smallest absolute Gasteiger partial charge is 0.301 e. The number of aromatic nitrogens is 1. The summed E-state index contributed by atoms with van der Waals surface area (Å²) >= 11 is 7.26. The molecule has 1 aromatic heterocycles. The lowest BCUT2D eigenvalue weighted by atomic mass is 9.95. The second-order valence-corrected chi connectivity index (χ2v) is 9.18. The Morgan fingerprint density at radius 3 is 2.42 bits per heavy atom. The molecule has 1 aliphatic rings. The lowest BCUT2D eigenvalue weighted by Crippen LogP contribution is -2.29. The van der Waals surface area contributed by atoms with Gasteiger partial charge >= 0.3 is 5.91 Å². The van der Waals surface area contributed by atoms with Crippen LogP contribution in [0.1, 0.15) is 22.7 Å². The number of phenols is 1. The Hall–Kier alpha value is -3.68. The predicted molar refractivity (Wildman–Crippen MR) is 129 cm³/mol. The molecule has 1 atom stereocenters. The van der Waals surface area contributed by atoms with Crippen LogP contribution in [0, 0.1) is 6.92 Å². The Labute approximate surface area is 198 Å². The van der Waals surface area contributed by atoms with Crippen molar-refractivity contribution in [2.45, 2.75) is 13.0 Å². The number of aromatic hydroxyl groups is 1. The van der Waals surface area contributed by atoms with Gasteiger partial charge in [-0.3, -0.25) is 14.5 Å². The number of carbonyl (C=O) groups is 2. The molecule has 1 aliphatic heterocycles. The molecule has 1 amide bonds. The number of nitrogens with zero attached hydrogens (tertiary/aromatic N) is 2. The van der Waals surface area contributed by atoms with Gasteiger partial charge in [-0.2, -0.15) is 0 Å². The molecule has 0 spiro atoms. The third-order valence-electron chi connectivity index (χ3n) is 5.51. The predicted octanol–water partition coefficient (Wildman–Crippen LogP) is 5.59. The summed E-state index contributed by atoms with van der Waals surface area (Å²) in [7, 11) is 0. The molecule has 2 N–H and O–H groups in total. The van der Waals surface area contributed by atoms with E-state index >= 15 is 0 Å². The van der Waals surface area contributed by atoms with E-state index in [2.05, 4.69) is 4.98 Å². The van der Waals surface area contributed by atoms with Crippen molar-refractivity contribution in [1.82, 2.24) is 4.98 Å². The van der Waals surface area contributed by atoms with Crippen molar-refractivity contribution < 1.29 is 19.8 Å². The van der Waals surface area contributed by atoms with E-state index in [9.17, 15) is 19.8 Å². The van der Waals surface area contributed by atoms with Gasteiger partial charge in [-0.05, 0) is 66.6 Å². The van der Waals surface area contributed by atoms with E-state index in [0.717, 1.165) is 10.3 Å². The van der Waals surface area contributed by atoms with Crippen LogP contribution in [0.25, 0.3) is 16.0 Å². The minimum atomic E-state index is -0.914. The largest absolute Gasteiger partial charge is 0.508 e. The molecule has 33 heavy (non-hydrogen) atoms. The van der Waals surface area contributed by atoms with Crippen LogP contribution in [0.3, 0.4) is 0 Å². The van der Waals surface area contributed by atoms with Crippen LogP contribution < -0.4 is 4.90 Å². The molecule has 5 rings (SSSR count). The molecule has 3 aromatic carbocycles. The number of halogens is 1. The number of phenolic OH excluding ortho intramolecular Hbond substituents is 1. The second-order valence-electron chi connectivity index (χ2n) is 7.74. The topological polar surface area (TPSA) is 90.7 Å². The van der Waals surface area contributed by atoms with Crippen molar-refractivity contribution >= 4 is 55.7 Å². The average Bonchev–Trinajstić information content (AvgIpc) is 3.32. The average molecular weight is 477 g/mol. The van der Waals surface area contributed by atoms with Crippen LogP contribution in [0.15, 0.2) is 72.3 Å². The number of hydrogen-bond donors (Lipinski definition) is 2. The number of rotatable bonds is 3. The van der Waals surface area contributed by atoms with E-state index in [-0.39, 0.29) is 17.1 Å². The van der Waals surface area contributed by atoms with Crippen LogP contribution in [-0.4, -0.2) is 26.9 Å². The molecule has 8 heteroatoms. The number of benzene rings is 3. The molecular weight excluding hydrogens is 460 g/mol. The Morgan fingerprint density at radius 1 is 1.03 bits per heavy atom. The van der Waals surface area contributed by atoms with Crippen LogP contribution in [0.2, 0.25) is 5.02 Å². The number of carbonyl (C=O) groups excluding carboxylic acids is 2. The standard InChI is InChI=1S/C25H17ClN2O4S/c1-13-2-11-18-19(12-13)33-25(27-18)28-21(14-5-9-17(29)10-6-14)20(23(31)24(28)32)22(30)15-3-7-16(26)8-4-15/h2-12,21,29-30H,1H3. The van der Waals surface area contributed by atoms with Crippen molar-refractivity contribution in [2.75, 3.05) is 4.90 Å². The van der Waals surface area contributed by atoms with Gasteiger partial charge in [0.15, 0.2) is 5.13 Å². The number of thiazole rings is 1. The SMILES string of the molecule is Cc1ccc2nc(N3C(=O)C(=O)C(=C(O)c4ccc(Cl)cc4)C3c3ccc(O)cc3)sc2c1. The minimum absolute atomic E-state index is 0.0452. The number of ketones is 1. The van der Waals surface area contributed by atoms with Gasteiger partial charge in [0.2, 0.25) is 0 Å². The zero-order valence-electron chi connectivity index (χ0n) is 17.3. The molecule has 0 radical (unpaired) electrons. The quantitative estimate of drug-likeness (QED) is 0.228. The molecule has 0 aliphatic carbocycles. The second kappa shape index (κ2) is 8.03. The van der Waals surface area contributed by atoms with Gasteiger partial charge in [0.25, 0.3) is 5.78 Å². The summed E-state index contributed by atoms with van der Waals surface area (Å²) in [5, 5.41) is 21.7. The third kappa shape index (κ3) is 3.65. The lowest BCUT2D eigenvalue weighted by Gasteiger charge is -2.23. The molecule has 164 valence electrons. The lowest BCUT2D eigenvalue weighted by molar-refractivity contribution is -0.132. The van der Waals surface area contributed by atoms with Crippen molar-refractivity contribution in [3.63, 3.8) is 0 Å². The van der Waals surface area contributed by atoms with E-state index in [1.165, 1.54) is 28.4 Å². The maximum Gasteiger partial charge on any atom is 0.301 e. The summed E-state index contributed by atoms with van der Waals surface area (Å²) < 4.78 is 0.883. The summed E-state index contributed by atoms with van der Waals surface area (Å²) in [6, 6.07) is 17.4. The Balaban J connectivity index is 1.73. The number of aliphatic hydroxyl groups is 1. The van der Waals surface area contributed by atoms with E-state index in [1.807, 2.05) is 25.1 Å². The van der Waals surface area contributed by atoms with Crippen LogP contribution in [0.5, 0.6) is 5.75 Å². The highest BCUT2D eigenvalue weighted by Gasteiger charge is 2.48. The van der Waals surface area contributed by atoms with Gasteiger partial charge in [-0.1, -0.05) is 41.1 Å². The molecule has 0 saturated carbocycles. The van der Waals surface area contributed by atoms with Crippen molar-refractivity contribution in [3.8, 4) is 5.75 Å². The Bertz CT molecular complexity index is 1440. The highest BCUT2D eigenvalue weighted by Crippen LogP contribution is 2.44. The fourth-order valence-electron chi connectivity index (χ4n) is 3.89. The number of fused-ring (bicyclic) bond motifs is 1. The summed E-state index contributed by atoms with van der Waals surface area (Å²) in [5.74, 6) is -1.85. The first-order valence-corrected chi connectivity index (χ1v) is 11.3. The first-order chi connectivity index (χ1) is 15.8. The van der Waals surface area contributed by atoms with E-state index < -0.39 is 17.7 Å². The van der Waals surface area contributed by atoms with Crippen LogP contribution >= 0.6 is 22.9 Å². The van der Waals surface area contributed by atoms with Crippen LogP contribution in [0.4, 0.5) is 5.13 Å². The molecular formula is C25H17ClN2O4S. The van der Waals surface area contributed by atoms with Gasteiger partial charge in [-0.25, -0.2) is 4.98 Å². The minimum Gasteiger partial charge on any atom is -0.508 e. The number of hydrogen-bond acceptors (Lipinski definition) is 6. The van der Waals surface area contributed by atoms with Gasteiger partial charge < -0.3 is 10.2 Å². The van der Waals surface area contributed by atoms with Gasteiger partial charge in [0.05, 0.1) is 21.8 Å². The monoisotopic (exact) mass is 476 g/mol. The number of aryl methyl sites for hydroxylation is 1. The highest BCUT2D eigenvalue weighted by atomic mass is 35.5. The summed E-state index contributed by atoms with van der Waals surface area (Å²) in [6.07, 6.45) is 0. The van der Waals surface area contributed by atoms with Crippen molar-refractivity contribution in [3.05, 3.63) is 94.0 Å². The first-order valence-electron chi connectivity index (χ1n) is 10.1. The molecule has 1 unspecified atom stereocenters. The Kier molecular flexibility index (Phi) is 5.15. The normalized spacial score (nSPS) is 17.8. The zero-order chi connectivity index (χ0) is 23.3. The summed E-state index contributed by atoms with van der Waals surface area (Å²) in [6.45, 7) is 1.97. The fraction of sp³-hybridized carbons (Fsp3) is 0.0800. The third-order valence-corrected chi connectivity index (χ3v) is 6.78. The molecule has 4 aromatic rings. The number of anilines is 1. The fourth-order valence-corrected chi connectivity index (χ4v) is 5.10. The zero-order valence-corrected chi connectivity index (χ0v) is 18.9. The first kappa shape index (κ1) is 21.2. The maximum absolute atomic E-state index is 13.2. The Morgan fingerprint density at radius 2 is 1.73 bits per heavy atom. The van der Waals surface area contributed by atoms with Crippen molar-refractivity contribution in [2.24, 2.45) is 0 Å².